The second-order valence-corrected chi connectivity index (χ2v) is 2.52. The normalized spacial score (nSPS) is 12.2. The summed E-state index contributed by atoms with van der Waals surface area (Å²) in [6.45, 7) is 0. The largest absolute Gasteiger partial charge is 0.303 e. The first-order valence-electron chi connectivity index (χ1n) is 3.78. The molecule has 0 fully saturated rings. The zero-order valence-electron chi connectivity index (χ0n) is 7.14. The van der Waals surface area contributed by atoms with Crippen molar-refractivity contribution in [3.05, 3.63) is 35.4 Å². The second-order valence-electron chi connectivity index (χ2n) is 2.52. The van der Waals surface area contributed by atoms with Crippen LogP contribution in [0.2, 0.25) is 0 Å². The van der Waals surface area contributed by atoms with Crippen LogP contribution >= 0.6 is 0 Å². The molecule has 1 nitrogen and oxygen atoms in total. The minimum Gasteiger partial charge on any atom is -0.303 e. The minimum absolute atomic E-state index is 0.104. The molecule has 0 amide bonds. The van der Waals surface area contributed by atoms with Gasteiger partial charge in [0, 0.05) is 0 Å². The van der Waals surface area contributed by atoms with Crippen molar-refractivity contribution in [2.75, 3.05) is 7.05 Å². The first-order chi connectivity index (χ1) is 6.20. The number of hydrogen-bond donors (Lipinski definition) is 1. The van der Waals surface area contributed by atoms with Gasteiger partial charge in [-0.2, -0.15) is 0 Å². The van der Waals surface area contributed by atoms with Crippen LogP contribution in [0.3, 0.4) is 0 Å². The van der Waals surface area contributed by atoms with Crippen LogP contribution in [0.4, 0.5) is 8.78 Å². The number of nitrogens with one attached hydrogen (secondary N) is 1. The van der Waals surface area contributed by atoms with Crippen molar-refractivity contribution in [3.63, 3.8) is 0 Å². The number of terminal acetylenes is 1. The molecular formula is C10H9F2N. The van der Waals surface area contributed by atoms with Crippen LogP contribution in [0.25, 0.3) is 0 Å². The topological polar surface area (TPSA) is 12.0 Å². The lowest BCUT2D eigenvalue weighted by molar-refractivity contribution is 0.532. The molecule has 0 heterocycles. The second kappa shape index (κ2) is 4.01. The van der Waals surface area contributed by atoms with E-state index in [9.17, 15) is 8.78 Å². The standard InChI is InChI=1S/C10H9F2N/c1-3-9(13-2)10-7(11)5-4-6-8(10)12/h1,4-6,9,13H,2H3. The molecule has 0 spiro atoms. The molecule has 0 radical (unpaired) electrons. The highest BCUT2D eigenvalue weighted by Gasteiger charge is 2.15. The van der Waals surface area contributed by atoms with Crippen molar-refractivity contribution in [3.8, 4) is 12.3 Å². The molecule has 68 valence electrons. The Hall–Kier alpha value is -1.40. The highest BCUT2D eigenvalue weighted by atomic mass is 19.1. The fraction of sp³-hybridized carbons (Fsp3) is 0.200. The van der Waals surface area contributed by atoms with Crippen LogP contribution in [-0.2, 0) is 0 Å². The maximum atomic E-state index is 13.1. The Morgan fingerprint density at radius 2 is 1.92 bits per heavy atom. The van der Waals surface area contributed by atoms with Gasteiger partial charge in [-0.25, -0.2) is 8.78 Å². The lowest BCUT2D eigenvalue weighted by Crippen LogP contribution is -2.17. The zero-order chi connectivity index (χ0) is 9.84. The molecule has 1 unspecified atom stereocenters. The molecule has 1 N–H and O–H groups in total. The lowest BCUT2D eigenvalue weighted by atomic mass is 10.1. The van der Waals surface area contributed by atoms with E-state index in [0.29, 0.717) is 0 Å². The van der Waals surface area contributed by atoms with Gasteiger partial charge in [0.25, 0.3) is 0 Å². The molecule has 0 saturated heterocycles. The molecule has 1 atom stereocenters. The van der Waals surface area contributed by atoms with Gasteiger partial charge in [-0.3, -0.25) is 0 Å². The van der Waals surface area contributed by atoms with E-state index in [0.717, 1.165) is 0 Å². The summed E-state index contributed by atoms with van der Waals surface area (Å²) in [5, 5.41) is 2.63. The lowest BCUT2D eigenvalue weighted by Gasteiger charge is -2.11. The van der Waals surface area contributed by atoms with Gasteiger partial charge in [0.05, 0.1) is 11.6 Å². The van der Waals surface area contributed by atoms with Gasteiger partial charge >= 0.3 is 0 Å². The van der Waals surface area contributed by atoms with Gasteiger partial charge in [0.15, 0.2) is 0 Å². The molecule has 1 aromatic rings. The maximum Gasteiger partial charge on any atom is 0.131 e. The average molecular weight is 181 g/mol. The Morgan fingerprint density at radius 3 is 2.31 bits per heavy atom. The summed E-state index contributed by atoms with van der Waals surface area (Å²) in [5.41, 5.74) is -0.104. The molecule has 13 heavy (non-hydrogen) atoms. The van der Waals surface area contributed by atoms with E-state index in [1.54, 1.807) is 7.05 Å². The smallest absolute Gasteiger partial charge is 0.131 e. The Balaban J connectivity index is 3.20. The van der Waals surface area contributed by atoms with Crippen molar-refractivity contribution in [2.24, 2.45) is 0 Å². The van der Waals surface area contributed by atoms with E-state index in [-0.39, 0.29) is 5.56 Å². The Kier molecular flexibility index (Phi) is 2.99. The molecule has 1 rings (SSSR count). The van der Waals surface area contributed by atoms with Crippen LogP contribution in [0.5, 0.6) is 0 Å². The van der Waals surface area contributed by atoms with Crippen LogP contribution in [0, 0.1) is 24.0 Å². The minimum atomic E-state index is -0.721. The summed E-state index contributed by atoms with van der Waals surface area (Å²) in [6.07, 6.45) is 5.11. The summed E-state index contributed by atoms with van der Waals surface area (Å²) in [6, 6.07) is 2.94. The van der Waals surface area contributed by atoms with Gasteiger partial charge in [-0.15, -0.1) is 6.42 Å². The van der Waals surface area contributed by atoms with Gasteiger partial charge < -0.3 is 5.32 Å². The summed E-state index contributed by atoms with van der Waals surface area (Å²) >= 11 is 0. The molecule has 0 aliphatic carbocycles. The van der Waals surface area contributed by atoms with Crippen molar-refractivity contribution in [1.29, 1.82) is 0 Å². The highest BCUT2D eigenvalue weighted by Crippen LogP contribution is 2.19. The predicted octanol–water partition coefficient (Wildman–Crippen LogP) is 1.86. The Bertz CT molecular complexity index is 321. The third kappa shape index (κ3) is 1.85. The van der Waals surface area contributed by atoms with Crippen LogP contribution in [-0.4, -0.2) is 7.05 Å². The van der Waals surface area contributed by atoms with Crippen molar-refractivity contribution < 1.29 is 8.78 Å². The highest BCUT2D eigenvalue weighted by molar-refractivity contribution is 5.28. The van der Waals surface area contributed by atoms with Crippen molar-refractivity contribution in [2.45, 2.75) is 6.04 Å². The summed E-state index contributed by atoms with van der Waals surface area (Å²) < 4.78 is 26.2. The predicted molar refractivity (Wildman–Crippen MR) is 47.0 cm³/mol. The number of halogens is 2. The third-order valence-corrected chi connectivity index (χ3v) is 1.74. The van der Waals surface area contributed by atoms with Crippen LogP contribution in [0.1, 0.15) is 11.6 Å². The zero-order valence-corrected chi connectivity index (χ0v) is 7.14. The first-order valence-corrected chi connectivity index (χ1v) is 3.78. The van der Waals surface area contributed by atoms with E-state index in [1.165, 1.54) is 18.2 Å². The van der Waals surface area contributed by atoms with E-state index in [1.807, 2.05) is 0 Å². The third-order valence-electron chi connectivity index (χ3n) is 1.74. The van der Waals surface area contributed by atoms with Crippen LogP contribution in [0.15, 0.2) is 18.2 Å². The fourth-order valence-electron chi connectivity index (χ4n) is 1.10. The van der Waals surface area contributed by atoms with Crippen molar-refractivity contribution >= 4 is 0 Å². The molecule has 0 bridgehead atoms. The fourth-order valence-corrected chi connectivity index (χ4v) is 1.10. The molecule has 0 aromatic heterocycles. The molecular weight excluding hydrogens is 172 g/mol. The van der Waals surface area contributed by atoms with Gasteiger partial charge in [-0.1, -0.05) is 12.0 Å². The Morgan fingerprint density at radius 1 is 1.38 bits per heavy atom. The van der Waals surface area contributed by atoms with Gasteiger partial charge in [0.1, 0.15) is 11.6 Å². The maximum absolute atomic E-state index is 13.1. The number of benzene rings is 1. The molecule has 1 aromatic carbocycles. The first kappa shape index (κ1) is 9.69. The molecule has 0 aliphatic heterocycles. The van der Waals surface area contributed by atoms with Crippen molar-refractivity contribution in [1.82, 2.24) is 5.32 Å². The average Bonchev–Trinajstić information content (AvgIpc) is 2.11. The van der Waals surface area contributed by atoms with E-state index in [4.69, 9.17) is 6.42 Å². The molecule has 0 aliphatic rings. The quantitative estimate of drug-likeness (QED) is 0.686. The number of rotatable bonds is 2. The molecule has 0 saturated carbocycles. The van der Waals surface area contributed by atoms with E-state index in [2.05, 4.69) is 11.2 Å². The Labute approximate surface area is 75.8 Å². The summed E-state index contributed by atoms with van der Waals surface area (Å²) in [5.74, 6) is 1.00. The van der Waals surface area contributed by atoms with E-state index < -0.39 is 17.7 Å². The summed E-state index contributed by atoms with van der Waals surface area (Å²) in [7, 11) is 1.55. The van der Waals surface area contributed by atoms with Gasteiger partial charge in [0.2, 0.25) is 0 Å². The van der Waals surface area contributed by atoms with Crippen LogP contribution < -0.4 is 5.32 Å². The summed E-state index contributed by atoms with van der Waals surface area (Å²) in [4.78, 5) is 0. The van der Waals surface area contributed by atoms with E-state index >= 15 is 0 Å². The van der Waals surface area contributed by atoms with Gasteiger partial charge in [-0.05, 0) is 19.2 Å². The number of hydrogen-bond acceptors (Lipinski definition) is 1. The SMILES string of the molecule is C#CC(NC)c1c(F)cccc1F. The monoisotopic (exact) mass is 181 g/mol. The molecule has 3 heteroatoms.